The number of hydrogen-bond acceptors (Lipinski definition) is 2. The lowest BCUT2D eigenvalue weighted by Crippen LogP contribution is -2.01. The molecule has 122 valence electrons. The van der Waals surface area contributed by atoms with Crippen molar-refractivity contribution in [1.82, 2.24) is 4.57 Å². The molecule has 2 heterocycles. The molecule has 0 spiro atoms. The van der Waals surface area contributed by atoms with Gasteiger partial charge in [0.15, 0.2) is 0 Å². The van der Waals surface area contributed by atoms with E-state index in [1.54, 1.807) is 0 Å². The summed E-state index contributed by atoms with van der Waals surface area (Å²) in [5.74, 6) is 2.04. The van der Waals surface area contributed by atoms with E-state index in [0.29, 0.717) is 0 Å². The molecule has 0 radical (unpaired) electrons. The van der Waals surface area contributed by atoms with Crippen LogP contribution < -0.4 is 4.74 Å². The SMILES string of the molecule is Cc1ccc(C)c(O/C=C2\CCSc3c2c2ccccc2n3C)c1. The smallest absolute Gasteiger partial charge is 0.129 e. The number of para-hydroxylation sites is 1. The summed E-state index contributed by atoms with van der Waals surface area (Å²) in [4.78, 5) is 0. The lowest BCUT2D eigenvalue weighted by molar-refractivity contribution is 0.477. The van der Waals surface area contributed by atoms with E-state index in [1.807, 2.05) is 18.0 Å². The molecule has 0 atom stereocenters. The third-order valence-corrected chi connectivity index (χ3v) is 5.82. The zero-order chi connectivity index (χ0) is 16.7. The molecule has 2 aromatic carbocycles. The predicted octanol–water partition coefficient (Wildman–Crippen LogP) is 5.71. The van der Waals surface area contributed by atoms with Gasteiger partial charge in [0.25, 0.3) is 0 Å². The van der Waals surface area contributed by atoms with Gasteiger partial charge in [0.1, 0.15) is 5.75 Å². The van der Waals surface area contributed by atoms with E-state index < -0.39 is 0 Å². The van der Waals surface area contributed by atoms with E-state index in [1.165, 1.54) is 38.2 Å². The molecule has 1 aromatic heterocycles. The van der Waals surface area contributed by atoms with Crippen LogP contribution >= 0.6 is 11.8 Å². The molecule has 0 amide bonds. The highest BCUT2D eigenvalue weighted by atomic mass is 32.2. The van der Waals surface area contributed by atoms with Crippen LogP contribution in [-0.4, -0.2) is 10.3 Å². The second-order valence-electron chi connectivity index (χ2n) is 6.38. The van der Waals surface area contributed by atoms with Crippen LogP contribution in [0.4, 0.5) is 0 Å². The molecule has 2 nitrogen and oxygen atoms in total. The number of rotatable bonds is 2. The van der Waals surface area contributed by atoms with Crippen molar-refractivity contribution in [3.8, 4) is 5.75 Å². The number of benzene rings is 2. The number of allylic oxidation sites excluding steroid dienone is 1. The Labute approximate surface area is 147 Å². The van der Waals surface area contributed by atoms with Crippen molar-refractivity contribution in [1.29, 1.82) is 0 Å². The average molecular weight is 335 g/mol. The van der Waals surface area contributed by atoms with Crippen molar-refractivity contribution in [2.45, 2.75) is 25.3 Å². The Morgan fingerprint density at radius 2 is 1.96 bits per heavy atom. The maximum absolute atomic E-state index is 6.09. The van der Waals surface area contributed by atoms with Gasteiger partial charge >= 0.3 is 0 Å². The fourth-order valence-corrected chi connectivity index (χ4v) is 4.51. The Morgan fingerprint density at radius 3 is 2.83 bits per heavy atom. The van der Waals surface area contributed by atoms with Crippen LogP contribution in [0.1, 0.15) is 23.1 Å². The molecule has 4 rings (SSSR count). The quantitative estimate of drug-likeness (QED) is 0.557. The molecule has 0 saturated carbocycles. The maximum Gasteiger partial charge on any atom is 0.129 e. The van der Waals surface area contributed by atoms with E-state index in [4.69, 9.17) is 4.74 Å². The van der Waals surface area contributed by atoms with Gasteiger partial charge in [-0.2, -0.15) is 0 Å². The third kappa shape index (κ3) is 2.53. The summed E-state index contributed by atoms with van der Waals surface area (Å²) >= 11 is 1.94. The van der Waals surface area contributed by atoms with Gasteiger partial charge in [-0.25, -0.2) is 0 Å². The fourth-order valence-electron chi connectivity index (χ4n) is 3.32. The molecule has 1 aliphatic rings. The van der Waals surface area contributed by atoms with Crippen molar-refractivity contribution in [3.63, 3.8) is 0 Å². The topological polar surface area (TPSA) is 14.2 Å². The highest BCUT2D eigenvalue weighted by molar-refractivity contribution is 7.99. The van der Waals surface area contributed by atoms with Gasteiger partial charge in [0.05, 0.1) is 11.3 Å². The van der Waals surface area contributed by atoms with E-state index in [0.717, 1.165) is 17.9 Å². The number of hydrogen-bond donors (Lipinski definition) is 0. The summed E-state index contributed by atoms with van der Waals surface area (Å²) in [6.07, 6.45) is 3.00. The molecule has 0 N–H and O–H groups in total. The molecular weight excluding hydrogens is 314 g/mol. The minimum Gasteiger partial charge on any atom is -0.464 e. The Hall–Kier alpha value is -2.13. The molecule has 0 bridgehead atoms. The summed E-state index contributed by atoms with van der Waals surface area (Å²) < 4.78 is 8.40. The van der Waals surface area contributed by atoms with E-state index >= 15 is 0 Å². The van der Waals surface area contributed by atoms with Crippen LogP contribution in [0.15, 0.2) is 53.8 Å². The number of aryl methyl sites for hydroxylation is 3. The van der Waals surface area contributed by atoms with Gasteiger partial charge in [-0.1, -0.05) is 30.3 Å². The van der Waals surface area contributed by atoms with Crippen molar-refractivity contribution < 1.29 is 4.74 Å². The van der Waals surface area contributed by atoms with Gasteiger partial charge in [-0.15, -0.1) is 11.8 Å². The lowest BCUT2D eigenvalue weighted by atomic mass is 10.0. The van der Waals surface area contributed by atoms with E-state index in [-0.39, 0.29) is 0 Å². The van der Waals surface area contributed by atoms with E-state index in [9.17, 15) is 0 Å². The highest BCUT2D eigenvalue weighted by Crippen LogP contribution is 2.43. The summed E-state index contributed by atoms with van der Waals surface area (Å²) in [6.45, 7) is 4.19. The number of aromatic nitrogens is 1. The Balaban J connectivity index is 1.79. The Bertz CT molecular complexity index is 952. The summed E-state index contributed by atoms with van der Waals surface area (Å²) in [5.41, 5.74) is 6.31. The molecule has 0 aliphatic carbocycles. The van der Waals surface area contributed by atoms with Crippen molar-refractivity contribution in [2.75, 3.05) is 5.75 Å². The molecule has 0 fully saturated rings. The van der Waals surface area contributed by atoms with Crippen LogP contribution in [0, 0.1) is 13.8 Å². The first-order chi connectivity index (χ1) is 11.6. The Kier molecular flexibility index (Phi) is 3.89. The number of thioether (sulfide) groups is 1. The van der Waals surface area contributed by atoms with Gasteiger partial charge in [-0.05, 0) is 49.1 Å². The van der Waals surface area contributed by atoms with Gasteiger partial charge in [0.2, 0.25) is 0 Å². The second-order valence-corrected chi connectivity index (χ2v) is 7.47. The second kappa shape index (κ2) is 6.06. The molecule has 1 aliphatic heterocycles. The van der Waals surface area contributed by atoms with E-state index in [2.05, 4.69) is 67.9 Å². The van der Waals surface area contributed by atoms with Gasteiger partial charge in [-0.3, -0.25) is 0 Å². The first kappa shape index (κ1) is 15.4. The zero-order valence-electron chi connectivity index (χ0n) is 14.3. The number of fused-ring (bicyclic) bond motifs is 3. The number of nitrogens with zero attached hydrogens (tertiary/aromatic N) is 1. The standard InChI is InChI=1S/C21H21NOS/c1-14-8-9-15(2)19(12-14)23-13-16-10-11-24-21-20(16)17-6-4-5-7-18(17)22(21)3/h4-9,12-13H,10-11H2,1-3H3/b16-13+. The summed E-state index contributed by atoms with van der Waals surface area (Å²) in [5, 5.41) is 2.66. The summed E-state index contributed by atoms with van der Waals surface area (Å²) in [7, 11) is 2.16. The van der Waals surface area contributed by atoms with Crippen molar-refractivity contribution in [3.05, 3.63) is 65.4 Å². The molecule has 0 saturated heterocycles. The van der Waals surface area contributed by atoms with Gasteiger partial charge < -0.3 is 9.30 Å². The normalized spacial score (nSPS) is 15.7. The maximum atomic E-state index is 6.09. The highest BCUT2D eigenvalue weighted by Gasteiger charge is 2.22. The van der Waals surface area contributed by atoms with Crippen LogP contribution in [0.5, 0.6) is 5.75 Å². The molecular formula is C21H21NOS. The number of ether oxygens (including phenoxy) is 1. The largest absolute Gasteiger partial charge is 0.464 e. The Morgan fingerprint density at radius 1 is 1.12 bits per heavy atom. The first-order valence-electron chi connectivity index (χ1n) is 8.28. The monoisotopic (exact) mass is 335 g/mol. The average Bonchev–Trinajstić information content (AvgIpc) is 2.90. The molecule has 0 unspecified atom stereocenters. The predicted molar refractivity (Wildman–Crippen MR) is 103 cm³/mol. The minimum atomic E-state index is 0.947. The van der Waals surface area contributed by atoms with Crippen LogP contribution in [0.25, 0.3) is 16.5 Å². The van der Waals surface area contributed by atoms with Gasteiger partial charge in [0, 0.05) is 29.3 Å². The summed E-state index contributed by atoms with van der Waals surface area (Å²) in [6, 6.07) is 15.0. The first-order valence-corrected chi connectivity index (χ1v) is 9.27. The lowest BCUT2D eigenvalue weighted by Gasteiger charge is -2.17. The van der Waals surface area contributed by atoms with Crippen molar-refractivity contribution >= 4 is 28.2 Å². The fraction of sp³-hybridized carbons (Fsp3) is 0.238. The van der Waals surface area contributed by atoms with Crippen LogP contribution in [0.3, 0.4) is 0 Å². The molecule has 3 aromatic rings. The molecule has 24 heavy (non-hydrogen) atoms. The van der Waals surface area contributed by atoms with Crippen LogP contribution in [0.2, 0.25) is 0 Å². The van der Waals surface area contributed by atoms with Crippen molar-refractivity contribution in [2.24, 2.45) is 7.05 Å². The zero-order valence-corrected chi connectivity index (χ0v) is 15.1. The third-order valence-electron chi connectivity index (χ3n) is 4.66. The van der Waals surface area contributed by atoms with Crippen LogP contribution in [-0.2, 0) is 7.05 Å². The molecule has 3 heteroatoms. The minimum absolute atomic E-state index is 0.947.